The van der Waals surface area contributed by atoms with Crippen molar-refractivity contribution in [3.63, 3.8) is 0 Å². The van der Waals surface area contributed by atoms with E-state index in [0.717, 1.165) is 6.54 Å². The van der Waals surface area contributed by atoms with Crippen molar-refractivity contribution in [2.75, 3.05) is 6.54 Å². The van der Waals surface area contributed by atoms with Gasteiger partial charge in [0.05, 0.1) is 6.04 Å². The molecule has 0 aliphatic rings. The van der Waals surface area contributed by atoms with Crippen LogP contribution in [0.4, 0.5) is 4.39 Å². The predicted molar refractivity (Wildman–Crippen MR) is 51.7 cm³/mol. The van der Waals surface area contributed by atoms with Crippen molar-refractivity contribution in [3.8, 4) is 12.3 Å². The quantitative estimate of drug-likeness (QED) is 0.697. The minimum atomic E-state index is -0.328. The molecule has 1 unspecified atom stereocenters. The van der Waals surface area contributed by atoms with Crippen molar-refractivity contribution in [2.24, 2.45) is 0 Å². The summed E-state index contributed by atoms with van der Waals surface area (Å²) in [7, 11) is 0. The van der Waals surface area contributed by atoms with Gasteiger partial charge < -0.3 is 5.32 Å². The van der Waals surface area contributed by atoms with Gasteiger partial charge in [-0.1, -0.05) is 31.0 Å². The van der Waals surface area contributed by atoms with Gasteiger partial charge in [-0.2, -0.15) is 0 Å². The minimum absolute atomic E-state index is 0.258. The summed E-state index contributed by atoms with van der Waals surface area (Å²) in [5.41, 5.74) is 0.534. The number of halogens is 1. The van der Waals surface area contributed by atoms with Gasteiger partial charge in [-0.25, -0.2) is 4.39 Å². The Hall–Kier alpha value is -1.33. The van der Waals surface area contributed by atoms with E-state index in [1.165, 1.54) is 6.07 Å². The Kier molecular flexibility index (Phi) is 3.48. The van der Waals surface area contributed by atoms with Crippen LogP contribution in [-0.2, 0) is 0 Å². The molecule has 0 aliphatic heterocycles. The number of rotatable bonds is 3. The molecule has 1 rings (SSSR count). The number of terminal acetylenes is 1. The van der Waals surface area contributed by atoms with Crippen LogP contribution in [0.15, 0.2) is 24.3 Å². The van der Waals surface area contributed by atoms with Gasteiger partial charge in [0.1, 0.15) is 5.82 Å². The molecule has 0 fully saturated rings. The van der Waals surface area contributed by atoms with Crippen LogP contribution in [0, 0.1) is 18.2 Å². The van der Waals surface area contributed by atoms with Crippen molar-refractivity contribution >= 4 is 0 Å². The Bertz CT molecular complexity index is 314. The van der Waals surface area contributed by atoms with E-state index in [1.54, 1.807) is 18.2 Å². The Morgan fingerprint density at radius 1 is 1.54 bits per heavy atom. The Labute approximate surface area is 78.0 Å². The Morgan fingerprint density at radius 2 is 2.23 bits per heavy atom. The fraction of sp³-hybridized carbons (Fsp3) is 0.273. The molecule has 1 N–H and O–H groups in total. The van der Waals surface area contributed by atoms with E-state index in [0.29, 0.717) is 5.56 Å². The molecular weight excluding hydrogens is 165 g/mol. The van der Waals surface area contributed by atoms with Crippen LogP contribution in [0.5, 0.6) is 0 Å². The summed E-state index contributed by atoms with van der Waals surface area (Å²) in [4.78, 5) is 0. The normalized spacial score (nSPS) is 12.1. The van der Waals surface area contributed by atoms with E-state index in [9.17, 15) is 4.39 Å². The molecule has 0 saturated carbocycles. The van der Waals surface area contributed by atoms with Crippen molar-refractivity contribution in [1.82, 2.24) is 5.32 Å². The molecule has 2 heteroatoms. The van der Waals surface area contributed by atoms with E-state index in [4.69, 9.17) is 6.42 Å². The lowest BCUT2D eigenvalue weighted by Crippen LogP contribution is -2.20. The predicted octanol–water partition coefficient (Wildman–Crippen LogP) is 2.11. The van der Waals surface area contributed by atoms with Gasteiger partial charge in [-0.05, 0) is 12.6 Å². The maximum atomic E-state index is 13.2. The zero-order valence-electron chi connectivity index (χ0n) is 7.55. The van der Waals surface area contributed by atoms with Crippen molar-refractivity contribution in [2.45, 2.75) is 13.0 Å². The standard InChI is InChI=1S/C11H12FN/c1-3-11(13-4-2)9-7-5-6-8-10(9)12/h1,5-8,11,13H,4H2,2H3. The molecule has 1 aromatic carbocycles. The maximum Gasteiger partial charge on any atom is 0.128 e. The third-order valence-electron chi connectivity index (χ3n) is 1.79. The molecule has 0 spiro atoms. The van der Waals surface area contributed by atoms with E-state index < -0.39 is 0 Å². The first kappa shape index (κ1) is 9.76. The molecule has 0 heterocycles. The average molecular weight is 177 g/mol. The van der Waals surface area contributed by atoms with Crippen LogP contribution in [0.2, 0.25) is 0 Å². The van der Waals surface area contributed by atoms with Crippen LogP contribution in [-0.4, -0.2) is 6.54 Å². The average Bonchev–Trinajstić information content (AvgIpc) is 2.16. The number of benzene rings is 1. The second kappa shape index (κ2) is 4.64. The molecule has 13 heavy (non-hydrogen) atoms. The van der Waals surface area contributed by atoms with Gasteiger partial charge in [-0.3, -0.25) is 0 Å². The third kappa shape index (κ3) is 2.30. The van der Waals surface area contributed by atoms with Gasteiger partial charge in [0.2, 0.25) is 0 Å². The molecule has 0 aliphatic carbocycles. The summed E-state index contributed by atoms with van der Waals surface area (Å²) >= 11 is 0. The summed E-state index contributed by atoms with van der Waals surface area (Å²) in [6, 6.07) is 6.21. The summed E-state index contributed by atoms with van der Waals surface area (Å²) < 4.78 is 13.2. The van der Waals surface area contributed by atoms with E-state index in [1.807, 2.05) is 6.92 Å². The molecule has 1 nitrogen and oxygen atoms in total. The number of hydrogen-bond donors (Lipinski definition) is 1. The molecule has 0 saturated heterocycles. The van der Waals surface area contributed by atoms with Crippen LogP contribution in [0.3, 0.4) is 0 Å². The smallest absolute Gasteiger partial charge is 0.128 e. The SMILES string of the molecule is C#CC(NCC)c1ccccc1F. The lowest BCUT2D eigenvalue weighted by Gasteiger charge is -2.11. The van der Waals surface area contributed by atoms with E-state index in [-0.39, 0.29) is 11.9 Å². The first-order valence-corrected chi connectivity index (χ1v) is 4.23. The minimum Gasteiger partial charge on any atom is -0.300 e. The van der Waals surface area contributed by atoms with Crippen molar-refractivity contribution in [1.29, 1.82) is 0 Å². The molecule has 68 valence electrons. The highest BCUT2D eigenvalue weighted by atomic mass is 19.1. The topological polar surface area (TPSA) is 12.0 Å². The molecule has 1 atom stereocenters. The van der Waals surface area contributed by atoms with Crippen LogP contribution in [0.1, 0.15) is 18.5 Å². The lowest BCUT2D eigenvalue weighted by atomic mass is 10.1. The summed E-state index contributed by atoms with van der Waals surface area (Å²) in [6.45, 7) is 2.66. The fourth-order valence-corrected chi connectivity index (χ4v) is 1.17. The molecule has 0 amide bonds. The lowest BCUT2D eigenvalue weighted by molar-refractivity contribution is 0.574. The first-order chi connectivity index (χ1) is 6.29. The monoisotopic (exact) mass is 177 g/mol. The van der Waals surface area contributed by atoms with Crippen molar-refractivity contribution < 1.29 is 4.39 Å². The van der Waals surface area contributed by atoms with Gasteiger partial charge in [0.15, 0.2) is 0 Å². The van der Waals surface area contributed by atoms with E-state index in [2.05, 4.69) is 11.2 Å². The summed E-state index contributed by atoms with van der Waals surface area (Å²) in [5, 5.41) is 3.01. The highest BCUT2D eigenvalue weighted by molar-refractivity contribution is 5.27. The highest BCUT2D eigenvalue weighted by Gasteiger charge is 2.10. The largest absolute Gasteiger partial charge is 0.300 e. The maximum absolute atomic E-state index is 13.2. The third-order valence-corrected chi connectivity index (χ3v) is 1.79. The Morgan fingerprint density at radius 3 is 2.77 bits per heavy atom. The summed E-state index contributed by atoms with van der Waals surface area (Å²) in [6.07, 6.45) is 5.28. The van der Waals surface area contributed by atoms with Gasteiger partial charge in [0.25, 0.3) is 0 Å². The van der Waals surface area contributed by atoms with Gasteiger partial charge in [-0.15, -0.1) is 6.42 Å². The highest BCUT2D eigenvalue weighted by Crippen LogP contribution is 2.15. The molecule has 0 radical (unpaired) electrons. The molecule has 0 aromatic heterocycles. The first-order valence-electron chi connectivity index (χ1n) is 4.23. The molecule has 1 aromatic rings. The second-order valence-electron chi connectivity index (χ2n) is 2.68. The molecule has 0 bridgehead atoms. The van der Waals surface area contributed by atoms with Gasteiger partial charge in [0, 0.05) is 5.56 Å². The zero-order chi connectivity index (χ0) is 9.68. The van der Waals surface area contributed by atoms with Crippen LogP contribution in [0.25, 0.3) is 0 Å². The van der Waals surface area contributed by atoms with Crippen LogP contribution < -0.4 is 5.32 Å². The number of nitrogens with one attached hydrogen (secondary N) is 1. The Balaban J connectivity index is 2.92. The second-order valence-corrected chi connectivity index (χ2v) is 2.68. The van der Waals surface area contributed by atoms with E-state index >= 15 is 0 Å². The fourth-order valence-electron chi connectivity index (χ4n) is 1.17. The summed E-state index contributed by atoms with van der Waals surface area (Å²) in [5.74, 6) is 2.25. The van der Waals surface area contributed by atoms with Crippen molar-refractivity contribution in [3.05, 3.63) is 35.6 Å². The van der Waals surface area contributed by atoms with Crippen LogP contribution >= 0.6 is 0 Å². The zero-order valence-corrected chi connectivity index (χ0v) is 7.55. The molecular formula is C11H12FN. The van der Waals surface area contributed by atoms with Gasteiger partial charge >= 0.3 is 0 Å². The number of hydrogen-bond acceptors (Lipinski definition) is 1.